The maximum atomic E-state index is 11.8. The van der Waals surface area contributed by atoms with Gasteiger partial charge in [0.2, 0.25) is 10.0 Å². The van der Waals surface area contributed by atoms with Crippen molar-refractivity contribution < 1.29 is 8.42 Å². The standard InChI is InChI=1S/C14H19N5O2S/c1-10-12(8-17-18-10)14-13(15-5-6-16-14)11-4-3-7-19(9-11)22(2,20)21/h5-6,8,11H,3-4,7,9H2,1-2H3,(H,17,18). The summed E-state index contributed by atoms with van der Waals surface area (Å²) in [5.74, 6) is 0.0569. The molecule has 0 spiro atoms. The molecule has 0 saturated carbocycles. The van der Waals surface area contributed by atoms with Gasteiger partial charge in [-0.05, 0) is 19.8 Å². The van der Waals surface area contributed by atoms with Crippen LogP contribution < -0.4 is 0 Å². The fraction of sp³-hybridized carbons (Fsp3) is 0.500. The van der Waals surface area contributed by atoms with Crippen molar-refractivity contribution in [2.24, 2.45) is 0 Å². The van der Waals surface area contributed by atoms with Gasteiger partial charge >= 0.3 is 0 Å². The van der Waals surface area contributed by atoms with E-state index in [1.54, 1.807) is 18.6 Å². The van der Waals surface area contributed by atoms with Crippen LogP contribution in [0, 0.1) is 6.92 Å². The lowest BCUT2D eigenvalue weighted by Crippen LogP contribution is -2.38. The molecule has 7 nitrogen and oxygen atoms in total. The van der Waals surface area contributed by atoms with E-state index in [1.807, 2.05) is 6.92 Å². The molecule has 3 heterocycles. The highest BCUT2D eigenvalue weighted by Crippen LogP contribution is 2.32. The summed E-state index contributed by atoms with van der Waals surface area (Å²) in [5.41, 5.74) is 3.48. The Morgan fingerprint density at radius 2 is 2.09 bits per heavy atom. The molecule has 2 aromatic rings. The largest absolute Gasteiger partial charge is 0.282 e. The van der Waals surface area contributed by atoms with Gasteiger partial charge in [-0.25, -0.2) is 12.7 Å². The maximum Gasteiger partial charge on any atom is 0.211 e. The smallest absolute Gasteiger partial charge is 0.211 e. The van der Waals surface area contributed by atoms with Gasteiger partial charge in [-0.3, -0.25) is 15.1 Å². The Bertz CT molecular complexity index is 771. The van der Waals surface area contributed by atoms with Gasteiger partial charge in [0.25, 0.3) is 0 Å². The third-order valence-corrected chi connectivity index (χ3v) is 5.32. The summed E-state index contributed by atoms with van der Waals surface area (Å²) in [6.45, 7) is 2.97. The van der Waals surface area contributed by atoms with Crippen molar-refractivity contribution >= 4 is 10.0 Å². The van der Waals surface area contributed by atoms with Crippen LogP contribution in [0.15, 0.2) is 18.6 Å². The molecule has 3 rings (SSSR count). The normalized spacial score (nSPS) is 20.2. The van der Waals surface area contributed by atoms with E-state index in [0.29, 0.717) is 13.1 Å². The van der Waals surface area contributed by atoms with Crippen molar-refractivity contribution in [3.05, 3.63) is 30.0 Å². The first kappa shape index (κ1) is 15.1. The van der Waals surface area contributed by atoms with Crippen molar-refractivity contribution in [2.75, 3.05) is 19.3 Å². The van der Waals surface area contributed by atoms with Crippen molar-refractivity contribution in [3.8, 4) is 11.3 Å². The first-order chi connectivity index (χ1) is 10.5. The fourth-order valence-corrected chi connectivity index (χ4v) is 3.82. The van der Waals surface area contributed by atoms with Crippen LogP contribution >= 0.6 is 0 Å². The molecule has 1 aliphatic rings. The van der Waals surface area contributed by atoms with Gasteiger partial charge in [-0.15, -0.1) is 0 Å². The summed E-state index contributed by atoms with van der Waals surface area (Å²) in [7, 11) is -3.17. The van der Waals surface area contributed by atoms with E-state index in [9.17, 15) is 8.42 Å². The molecule has 0 bridgehead atoms. The predicted octanol–water partition coefficient (Wildman–Crippen LogP) is 1.31. The third-order valence-electron chi connectivity index (χ3n) is 4.05. The van der Waals surface area contributed by atoms with Crippen molar-refractivity contribution in [2.45, 2.75) is 25.7 Å². The monoisotopic (exact) mass is 321 g/mol. The third kappa shape index (κ3) is 2.89. The Morgan fingerprint density at radius 1 is 1.32 bits per heavy atom. The number of aromatic amines is 1. The van der Waals surface area contributed by atoms with Gasteiger partial charge in [0.1, 0.15) is 0 Å². The number of aromatic nitrogens is 4. The van der Waals surface area contributed by atoms with Crippen LogP contribution in [0.5, 0.6) is 0 Å². The highest BCUT2D eigenvalue weighted by molar-refractivity contribution is 7.88. The summed E-state index contributed by atoms with van der Waals surface area (Å²) in [6.07, 6.45) is 8.05. The molecule has 0 amide bonds. The molecule has 22 heavy (non-hydrogen) atoms. The van der Waals surface area contributed by atoms with Crippen LogP contribution in [-0.4, -0.2) is 52.2 Å². The number of hydrogen-bond donors (Lipinski definition) is 1. The number of hydrogen-bond acceptors (Lipinski definition) is 5. The number of piperidine rings is 1. The molecule has 0 aliphatic carbocycles. The van der Waals surface area contributed by atoms with E-state index in [-0.39, 0.29) is 5.92 Å². The molecule has 8 heteroatoms. The molecule has 0 radical (unpaired) electrons. The van der Waals surface area contributed by atoms with E-state index in [1.165, 1.54) is 10.6 Å². The molecule has 118 valence electrons. The average Bonchev–Trinajstić information content (AvgIpc) is 2.92. The predicted molar refractivity (Wildman–Crippen MR) is 82.7 cm³/mol. The lowest BCUT2D eigenvalue weighted by atomic mass is 9.92. The Balaban J connectivity index is 1.97. The Kier molecular flexibility index (Phi) is 3.96. The minimum atomic E-state index is -3.17. The average molecular weight is 321 g/mol. The SMILES string of the molecule is Cc1[nH]ncc1-c1nccnc1C1CCCN(S(C)(=O)=O)C1. The number of H-pyrrole nitrogens is 1. The lowest BCUT2D eigenvalue weighted by Gasteiger charge is -2.31. The summed E-state index contributed by atoms with van der Waals surface area (Å²) in [5, 5.41) is 6.95. The Hall–Kier alpha value is -1.80. The van der Waals surface area contributed by atoms with Crippen LogP contribution in [0.3, 0.4) is 0 Å². The first-order valence-electron chi connectivity index (χ1n) is 7.23. The molecule has 0 aromatic carbocycles. The summed E-state index contributed by atoms with van der Waals surface area (Å²) in [6, 6.07) is 0. The summed E-state index contributed by atoms with van der Waals surface area (Å²) in [4.78, 5) is 8.94. The van der Waals surface area contributed by atoms with Crippen molar-refractivity contribution in [1.29, 1.82) is 0 Å². The van der Waals surface area contributed by atoms with E-state index < -0.39 is 10.0 Å². The molecule has 1 saturated heterocycles. The van der Waals surface area contributed by atoms with Crippen molar-refractivity contribution in [3.63, 3.8) is 0 Å². The minimum absolute atomic E-state index is 0.0569. The van der Waals surface area contributed by atoms with Crippen LogP contribution in [0.4, 0.5) is 0 Å². The zero-order chi connectivity index (χ0) is 15.7. The zero-order valence-corrected chi connectivity index (χ0v) is 13.5. The van der Waals surface area contributed by atoms with Gasteiger partial charge in [0, 0.05) is 42.7 Å². The number of sulfonamides is 1. The molecule has 1 fully saturated rings. The van der Waals surface area contributed by atoms with Crippen LogP contribution in [0.2, 0.25) is 0 Å². The molecule has 2 aromatic heterocycles. The second-order valence-electron chi connectivity index (χ2n) is 5.66. The van der Waals surface area contributed by atoms with E-state index >= 15 is 0 Å². The number of nitrogens with one attached hydrogen (secondary N) is 1. The number of nitrogens with zero attached hydrogens (tertiary/aromatic N) is 4. The Morgan fingerprint density at radius 3 is 2.77 bits per heavy atom. The van der Waals surface area contributed by atoms with Gasteiger partial charge < -0.3 is 0 Å². The van der Waals surface area contributed by atoms with Gasteiger partial charge in [-0.2, -0.15) is 5.10 Å². The van der Waals surface area contributed by atoms with Crippen LogP contribution in [-0.2, 0) is 10.0 Å². The topological polar surface area (TPSA) is 91.8 Å². The molecule has 1 N–H and O–H groups in total. The van der Waals surface area contributed by atoms with E-state index in [4.69, 9.17) is 0 Å². The second kappa shape index (κ2) is 5.77. The van der Waals surface area contributed by atoms with E-state index in [0.717, 1.165) is 35.5 Å². The summed E-state index contributed by atoms with van der Waals surface area (Å²) >= 11 is 0. The van der Waals surface area contributed by atoms with Crippen LogP contribution in [0.1, 0.15) is 30.1 Å². The number of aryl methyl sites for hydroxylation is 1. The number of rotatable bonds is 3. The van der Waals surface area contributed by atoms with Gasteiger partial charge in [-0.1, -0.05) is 0 Å². The molecule has 1 aliphatic heterocycles. The van der Waals surface area contributed by atoms with Crippen molar-refractivity contribution in [1.82, 2.24) is 24.5 Å². The minimum Gasteiger partial charge on any atom is -0.282 e. The molecular weight excluding hydrogens is 302 g/mol. The highest BCUT2D eigenvalue weighted by atomic mass is 32.2. The van der Waals surface area contributed by atoms with Gasteiger partial charge in [0.05, 0.1) is 23.8 Å². The molecule has 1 atom stereocenters. The summed E-state index contributed by atoms with van der Waals surface area (Å²) < 4.78 is 25.1. The lowest BCUT2D eigenvalue weighted by molar-refractivity contribution is 0.314. The maximum absolute atomic E-state index is 11.8. The Labute approximate surface area is 129 Å². The van der Waals surface area contributed by atoms with Gasteiger partial charge in [0.15, 0.2) is 0 Å². The fourth-order valence-electron chi connectivity index (χ4n) is 2.91. The molecular formula is C14H19N5O2S. The molecule has 1 unspecified atom stereocenters. The zero-order valence-electron chi connectivity index (χ0n) is 12.7. The van der Waals surface area contributed by atoms with E-state index in [2.05, 4.69) is 20.2 Å². The highest BCUT2D eigenvalue weighted by Gasteiger charge is 2.29. The second-order valence-corrected chi connectivity index (χ2v) is 7.64. The quantitative estimate of drug-likeness (QED) is 0.920. The van der Waals surface area contributed by atoms with Crippen LogP contribution in [0.25, 0.3) is 11.3 Å². The first-order valence-corrected chi connectivity index (χ1v) is 9.08.